The average Bonchev–Trinajstić information content (AvgIpc) is 3.40. The maximum Gasteiger partial charge on any atom is 0.151 e. The fraction of sp³-hybridized carbons (Fsp3) is 0.448. The Morgan fingerprint density at radius 1 is 0.941 bits per heavy atom. The van der Waals surface area contributed by atoms with Crippen molar-refractivity contribution in [2.75, 3.05) is 31.1 Å². The Kier molecular flexibility index (Phi) is 5.33. The van der Waals surface area contributed by atoms with Gasteiger partial charge in [0, 0.05) is 24.5 Å². The Bertz CT molecular complexity index is 1350. The van der Waals surface area contributed by atoms with Crippen LogP contribution in [-0.2, 0) is 0 Å². The van der Waals surface area contributed by atoms with Crippen molar-refractivity contribution in [1.82, 2.24) is 19.4 Å². The van der Waals surface area contributed by atoms with E-state index in [0.29, 0.717) is 6.04 Å². The molecule has 34 heavy (non-hydrogen) atoms. The van der Waals surface area contributed by atoms with Gasteiger partial charge in [0.15, 0.2) is 5.65 Å². The second kappa shape index (κ2) is 8.38. The molecular weight excluding hydrogens is 418 g/mol. The van der Waals surface area contributed by atoms with Gasteiger partial charge in [-0.25, -0.2) is 9.97 Å². The molecule has 5 heteroatoms. The van der Waals surface area contributed by atoms with Gasteiger partial charge in [0.05, 0.1) is 16.6 Å². The van der Waals surface area contributed by atoms with Gasteiger partial charge in [0.25, 0.3) is 0 Å². The molecule has 4 aromatic rings. The van der Waals surface area contributed by atoms with Gasteiger partial charge in [0.1, 0.15) is 11.6 Å². The zero-order valence-corrected chi connectivity index (χ0v) is 20.9. The summed E-state index contributed by atoms with van der Waals surface area (Å²) in [5, 5.41) is 2.45. The van der Waals surface area contributed by atoms with E-state index >= 15 is 0 Å². The van der Waals surface area contributed by atoms with Crippen LogP contribution < -0.4 is 4.90 Å². The Morgan fingerprint density at radius 2 is 1.65 bits per heavy atom. The third-order valence-electron chi connectivity index (χ3n) is 7.58. The number of hydrogen-bond acceptors (Lipinski definition) is 4. The van der Waals surface area contributed by atoms with Gasteiger partial charge in [-0.1, -0.05) is 35.9 Å². The van der Waals surface area contributed by atoms with E-state index in [9.17, 15) is 0 Å². The molecule has 0 spiro atoms. The number of hydrogen-bond donors (Lipinski definition) is 0. The molecule has 2 fully saturated rings. The van der Waals surface area contributed by atoms with Crippen molar-refractivity contribution in [2.24, 2.45) is 0 Å². The molecule has 2 aromatic carbocycles. The minimum absolute atomic E-state index is 0.602. The normalized spacial score (nSPS) is 16.7. The zero-order valence-electron chi connectivity index (χ0n) is 20.9. The summed E-state index contributed by atoms with van der Waals surface area (Å²) in [4.78, 5) is 15.4. The second-order valence-electron chi connectivity index (χ2n) is 10.4. The highest BCUT2D eigenvalue weighted by Gasteiger charge is 2.33. The molecule has 0 amide bonds. The maximum atomic E-state index is 5.11. The summed E-state index contributed by atoms with van der Waals surface area (Å²) >= 11 is 0. The van der Waals surface area contributed by atoms with Gasteiger partial charge < -0.3 is 9.80 Å². The highest BCUT2D eigenvalue weighted by Crippen LogP contribution is 2.40. The van der Waals surface area contributed by atoms with Crippen LogP contribution in [0.1, 0.15) is 48.2 Å². The molecule has 0 N–H and O–H groups in total. The van der Waals surface area contributed by atoms with Crippen LogP contribution in [0.2, 0.25) is 0 Å². The molecule has 0 atom stereocenters. The first-order valence-electron chi connectivity index (χ1n) is 12.9. The van der Waals surface area contributed by atoms with E-state index in [0.717, 1.165) is 30.4 Å². The predicted octanol–water partition coefficient (Wildman–Crippen LogP) is 5.87. The summed E-state index contributed by atoms with van der Waals surface area (Å²) in [7, 11) is 0. The average molecular weight is 454 g/mol. The van der Waals surface area contributed by atoms with Gasteiger partial charge in [-0.05, 0) is 83.7 Å². The van der Waals surface area contributed by atoms with Gasteiger partial charge in [-0.2, -0.15) is 0 Å². The number of aromatic nitrogens is 3. The number of nitrogens with zero attached hydrogens (tertiary/aromatic N) is 5. The lowest BCUT2D eigenvalue weighted by Crippen LogP contribution is -2.36. The number of rotatable bonds is 6. The number of para-hydroxylation sites is 1. The first-order valence-corrected chi connectivity index (χ1v) is 12.9. The molecule has 1 saturated heterocycles. The van der Waals surface area contributed by atoms with E-state index in [4.69, 9.17) is 9.97 Å². The van der Waals surface area contributed by atoms with Crippen molar-refractivity contribution in [3.63, 3.8) is 0 Å². The lowest BCUT2D eigenvalue weighted by atomic mass is 10.0. The van der Waals surface area contributed by atoms with Crippen LogP contribution in [0, 0.1) is 27.7 Å². The van der Waals surface area contributed by atoms with Crippen molar-refractivity contribution >= 4 is 27.8 Å². The second-order valence-corrected chi connectivity index (χ2v) is 10.4. The summed E-state index contributed by atoms with van der Waals surface area (Å²) in [5.41, 5.74) is 7.36. The molecule has 2 aromatic heterocycles. The van der Waals surface area contributed by atoms with Gasteiger partial charge >= 0.3 is 0 Å². The topological polar surface area (TPSA) is 37.2 Å². The standard InChI is InChI=1S/C29H35N5/c1-19-17-20(2)27(21(3)18-19)34-25-10-6-5-9-24(25)26-28(30-22(4)31-29(26)34)33(23-11-12-23)16-15-32-13-7-8-14-32/h5-6,9-10,17-18,23H,7-8,11-16H2,1-4H3. The van der Waals surface area contributed by atoms with Crippen LogP contribution >= 0.6 is 0 Å². The van der Waals surface area contributed by atoms with Crippen LogP contribution in [0.5, 0.6) is 0 Å². The van der Waals surface area contributed by atoms with Crippen molar-refractivity contribution in [3.8, 4) is 5.69 Å². The van der Waals surface area contributed by atoms with Crippen molar-refractivity contribution < 1.29 is 0 Å². The zero-order chi connectivity index (χ0) is 23.4. The molecule has 0 unspecified atom stereocenters. The SMILES string of the molecule is Cc1cc(C)c(-n2c3ccccc3c3c(N(CCN4CCCC4)C4CC4)nc(C)nc32)c(C)c1. The Labute approximate surface area is 202 Å². The van der Waals surface area contributed by atoms with Crippen molar-refractivity contribution in [3.05, 3.63) is 58.9 Å². The molecule has 0 bridgehead atoms. The van der Waals surface area contributed by atoms with Gasteiger partial charge in [-0.15, -0.1) is 0 Å². The summed E-state index contributed by atoms with van der Waals surface area (Å²) in [6, 6.07) is 13.9. The van der Waals surface area contributed by atoms with Gasteiger partial charge in [0.2, 0.25) is 0 Å². The van der Waals surface area contributed by atoms with Gasteiger partial charge in [-0.3, -0.25) is 4.57 Å². The third kappa shape index (κ3) is 3.67. The summed E-state index contributed by atoms with van der Waals surface area (Å²) in [6.45, 7) is 13.3. The van der Waals surface area contributed by atoms with Crippen LogP contribution in [0.4, 0.5) is 5.82 Å². The molecule has 6 rings (SSSR count). The minimum Gasteiger partial charge on any atom is -0.352 e. The minimum atomic E-state index is 0.602. The number of fused-ring (bicyclic) bond motifs is 3. The van der Waals surface area contributed by atoms with E-state index in [1.54, 1.807) is 0 Å². The smallest absolute Gasteiger partial charge is 0.151 e. The fourth-order valence-corrected chi connectivity index (χ4v) is 6.00. The lowest BCUT2D eigenvalue weighted by molar-refractivity contribution is 0.344. The molecule has 3 heterocycles. The first-order chi connectivity index (χ1) is 16.5. The quantitative estimate of drug-likeness (QED) is 0.366. The van der Waals surface area contributed by atoms with E-state index in [2.05, 4.69) is 71.5 Å². The highest BCUT2D eigenvalue weighted by atomic mass is 15.3. The number of aryl methyl sites for hydroxylation is 4. The van der Waals surface area contributed by atoms with Crippen LogP contribution in [0.15, 0.2) is 36.4 Å². The Balaban J connectivity index is 1.58. The van der Waals surface area contributed by atoms with E-state index in [1.165, 1.54) is 77.4 Å². The summed E-state index contributed by atoms with van der Waals surface area (Å²) < 4.78 is 2.39. The molecule has 1 aliphatic carbocycles. The lowest BCUT2D eigenvalue weighted by Gasteiger charge is -2.27. The molecular formula is C29H35N5. The molecule has 2 aliphatic rings. The summed E-state index contributed by atoms with van der Waals surface area (Å²) in [5.74, 6) is 1.97. The summed E-state index contributed by atoms with van der Waals surface area (Å²) in [6.07, 6.45) is 5.20. The molecule has 0 radical (unpaired) electrons. The van der Waals surface area contributed by atoms with Crippen molar-refractivity contribution in [1.29, 1.82) is 0 Å². The molecule has 176 valence electrons. The molecule has 5 nitrogen and oxygen atoms in total. The van der Waals surface area contributed by atoms with Crippen LogP contribution in [0.3, 0.4) is 0 Å². The highest BCUT2D eigenvalue weighted by molar-refractivity contribution is 6.13. The maximum absolute atomic E-state index is 5.11. The largest absolute Gasteiger partial charge is 0.352 e. The number of likely N-dealkylation sites (tertiary alicyclic amines) is 1. The monoisotopic (exact) mass is 453 g/mol. The van der Waals surface area contributed by atoms with Crippen LogP contribution in [-0.4, -0.2) is 51.7 Å². The number of benzene rings is 2. The molecule has 1 saturated carbocycles. The fourth-order valence-electron chi connectivity index (χ4n) is 6.00. The molecule has 1 aliphatic heterocycles. The Hall–Kier alpha value is -2.92. The van der Waals surface area contributed by atoms with E-state index in [1.807, 2.05) is 6.92 Å². The van der Waals surface area contributed by atoms with E-state index in [-0.39, 0.29) is 0 Å². The third-order valence-corrected chi connectivity index (χ3v) is 7.58. The van der Waals surface area contributed by atoms with Crippen molar-refractivity contribution in [2.45, 2.75) is 59.4 Å². The van der Waals surface area contributed by atoms with E-state index < -0.39 is 0 Å². The Morgan fingerprint density at radius 3 is 2.35 bits per heavy atom. The predicted molar refractivity (Wildman–Crippen MR) is 141 cm³/mol. The van der Waals surface area contributed by atoms with Crippen LogP contribution in [0.25, 0.3) is 27.6 Å². The number of anilines is 1. The first kappa shape index (κ1) is 21.6.